The Morgan fingerprint density at radius 3 is 2.52 bits per heavy atom. The fraction of sp³-hybridized carbons (Fsp3) is 0.267. The highest BCUT2D eigenvalue weighted by Gasteiger charge is 2.10. The van der Waals surface area contributed by atoms with Gasteiger partial charge in [0.15, 0.2) is 0 Å². The molecule has 0 spiro atoms. The van der Waals surface area contributed by atoms with Gasteiger partial charge in [0.2, 0.25) is 0 Å². The van der Waals surface area contributed by atoms with E-state index in [1.807, 2.05) is 13.8 Å². The van der Waals surface area contributed by atoms with Crippen LogP contribution in [0.1, 0.15) is 19.4 Å². The van der Waals surface area contributed by atoms with E-state index in [1.165, 1.54) is 12.3 Å². The van der Waals surface area contributed by atoms with Crippen molar-refractivity contribution in [2.45, 2.75) is 20.0 Å². The van der Waals surface area contributed by atoms with E-state index in [1.54, 1.807) is 24.3 Å². The smallest absolute Gasteiger partial charge is 0.329 e. The predicted molar refractivity (Wildman–Crippen MR) is 81.1 cm³/mol. The summed E-state index contributed by atoms with van der Waals surface area (Å²) in [5, 5.41) is 6.06. The first-order valence-corrected chi connectivity index (χ1v) is 6.51. The molecule has 6 nitrogen and oxygen atoms in total. The summed E-state index contributed by atoms with van der Waals surface area (Å²) in [6.45, 7) is 7.56. The molecule has 1 aromatic carbocycles. The van der Waals surface area contributed by atoms with Crippen LogP contribution in [0.15, 0.2) is 42.0 Å². The van der Waals surface area contributed by atoms with Crippen LogP contribution in [0, 0.1) is 0 Å². The minimum Gasteiger partial charge on any atom is -0.491 e. The highest BCUT2D eigenvalue weighted by molar-refractivity contribution is 6.35. The lowest BCUT2D eigenvalue weighted by Gasteiger charge is -2.09. The Morgan fingerprint density at radius 1 is 1.29 bits per heavy atom. The molecule has 0 aliphatic rings. The molecule has 2 N–H and O–H groups in total. The van der Waals surface area contributed by atoms with Gasteiger partial charge >= 0.3 is 11.8 Å². The number of nitrogens with zero attached hydrogens (tertiary/aromatic N) is 1. The fourth-order valence-electron chi connectivity index (χ4n) is 1.37. The normalized spacial score (nSPS) is 10.4. The molecule has 6 heteroatoms. The summed E-state index contributed by atoms with van der Waals surface area (Å²) in [6, 6.07) is 7.20. The lowest BCUT2D eigenvalue weighted by molar-refractivity contribution is -0.139. The van der Waals surface area contributed by atoms with E-state index >= 15 is 0 Å². The molecule has 0 fully saturated rings. The standard InChI is InChI=1S/C15H19N3O3/c1-4-9-16-14(19)15(20)18-17-10-12-5-7-13(8-6-12)21-11(2)3/h4-8,10-11H,1,9H2,2-3H3,(H,16,19)(H,18,20)/b17-10-. The van der Waals surface area contributed by atoms with Crippen molar-refractivity contribution in [2.24, 2.45) is 5.10 Å². The first-order chi connectivity index (χ1) is 10.0. The summed E-state index contributed by atoms with van der Waals surface area (Å²) in [5.74, 6) is -0.824. The molecular formula is C15H19N3O3. The SMILES string of the molecule is C=CCNC(=O)C(=O)N/N=C\c1ccc(OC(C)C)cc1. The average molecular weight is 289 g/mol. The van der Waals surface area contributed by atoms with Crippen molar-refractivity contribution in [1.82, 2.24) is 10.7 Å². The van der Waals surface area contributed by atoms with Crippen molar-refractivity contribution < 1.29 is 14.3 Å². The quantitative estimate of drug-likeness (QED) is 0.358. The van der Waals surface area contributed by atoms with E-state index in [2.05, 4.69) is 22.4 Å². The Kier molecular flexibility index (Phi) is 6.67. The first kappa shape index (κ1) is 16.4. The van der Waals surface area contributed by atoms with Crippen molar-refractivity contribution in [3.05, 3.63) is 42.5 Å². The molecule has 112 valence electrons. The van der Waals surface area contributed by atoms with Crippen molar-refractivity contribution >= 4 is 18.0 Å². The topological polar surface area (TPSA) is 79.8 Å². The number of carbonyl (C=O) groups is 2. The zero-order chi connectivity index (χ0) is 15.7. The fourth-order valence-corrected chi connectivity index (χ4v) is 1.37. The average Bonchev–Trinajstić information content (AvgIpc) is 2.45. The number of hydrogen-bond donors (Lipinski definition) is 2. The highest BCUT2D eigenvalue weighted by atomic mass is 16.5. The number of amides is 2. The maximum Gasteiger partial charge on any atom is 0.329 e. The molecular weight excluding hydrogens is 270 g/mol. The van der Waals surface area contributed by atoms with Gasteiger partial charge in [0, 0.05) is 6.54 Å². The van der Waals surface area contributed by atoms with E-state index in [4.69, 9.17) is 4.74 Å². The second kappa shape index (κ2) is 8.52. The molecule has 0 saturated carbocycles. The number of hydrogen-bond acceptors (Lipinski definition) is 4. The van der Waals surface area contributed by atoms with Crippen molar-refractivity contribution in [1.29, 1.82) is 0 Å². The van der Waals surface area contributed by atoms with Gasteiger partial charge < -0.3 is 10.1 Å². The monoisotopic (exact) mass is 289 g/mol. The second-order valence-electron chi connectivity index (χ2n) is 4.43. The molecule has 0 atom stereocenters. The van der Waals surface area contributed by atoms with Gasteiger partial charge in [-0.25, -0.2) is 5.43 Å². The van der Waals surface area contributed by atoms with Crippen LogP contribution in [0.3, 0.4) is 0 Å². The number of benzene rings is 1. The summed E-state index contributed by atoms with van der Waals surface area (Å²) in [6.07, 6.45) is 3.03. The molecule has 1 rings (SSSR count). The van der Waals surface area contributed by atoms with E-state index < -0.39 is 11.8 Å². The highest BCUT2D eigenvalue weighted by Crippen LogP contribution is 2.12. The number of rotatable bonds is 6. The van der Waals surface area contributed by atoms with Crippen molar-refractivity contribution in [3.8, 4) is 5.75 Å². The molecule has 2 amide bonds. The van der Waals surface area contributed by atoms with Gasteiger partial charge in [0.1, 0.15) is 5.75 Å². The summed E-state index contributed by atoms with van der Waals surface area (Å²) in [4.78, 5) is 22.6. The minimum absolute atomic E-state index is 0.109. The predicted octanol–water partition coefficient (Wildman–Crippen LogP) is 1.23. The molecule has 0 bridgehead atoms. The minimum atomic E-state index is -0.826. The third kappa shape index (κ3) is 6.38. The van der Waals surface area contributed by atoms with Crippen LogP contribution in [0.25, 0.3) is 0 Å². The largest absolute Gasteiger partial charge is 0.491 e. The van der Waals surface area contributed by atoms with Gasteiger partial charge in [-0.15, -0.1) is 6.58 Å². The van der Waals surface area contributed by atoms with E-state index in [9.17, 15) is 9.59 Å². The summed E-state index contributed by atoms with van der Waals surface area (Å²) < 4.78 is 5.51. The molecule has 0 unspecified atom stereocenters. The lowest BCUT2D eigenvalue weighted by atomic mass is 10.2. The van der Waals surface area contributed by atoms with Gasteiger partial charge in [-0.3, -0.25) is 9.59 Å². The van der Waals surface area contributed by atoms with Crippen LogP contribution < -0.4 is 15.5 Å². The maximum atomic E-state index is 11.3. The first-order valence-electron chi connectivity index (χ1n) is 6.51. The molecule has 21 heavy (non-hydrogen) atoms. The molecule has 0 heterocycles. The number of hydrazone groups is 1. The molecule has 0 aromatic heterocycles. The van der Waals surface area contributed by atoms with Crippen molar-refractivity contribution in [2.75, 3.05) is 6.54 Å². The summed E-state index contributed by atoms with van der Waals surface area (Å²) in [5.41, 5.74) is 2.92. The third-order valence-corrected chi connectivity index (χ3v) is 2.24. The van der Waals surface area contributed by atoms with Gasteiger partial charge in [0.05, 0.1) is 12.3 Å². The number of nitrogens with one attached hydrogen (secondary N) is 2. The Hall–Kier alpha value is -2.63. The third-order valence-electron chi connectivity index (χ3n) is 2.24. The van der Waals surface area contributed by atoms with Crippen molar-refractivity contribution in [3.63, 3.8) is 0 Å². The van der Waals surface area contributed by atoms with Gasteiger partial charge in [-0.05, 0) is 43.7 Å². The molecule has 0 aliphatic carbocycles. The molecule has 0 aliphatic heterocycles. The Bertz CT molecular complexity index is 521. The number of carbonyl (C=O) groups excluding carboxylic acids is 2. The number of ether oxygens (including phenoxy) is 1. The van der Waals surface area contributed by atoms with Crippen LogP contribution in [0.5, 0.6) is 5.75 Å². The Labute approximate surface area is 123 Å². The van der Waals surface area contributed by atoms with E-state index in [0.29, 0.717) is 0 Å². The van der Waals surface area contributed by atoms with Crippen LogP contribution in [0.4, 0.5) is 0 Å². The van der Waals surface area contributed by atoms with Crippen LogP contribution in [-0.2, 0) is 9.59 Å². The van der Waals surface area contributed by atoms with Crippen LogP contribution >= 0.6 is 0 Å². The maximum absolute atomic E-state index is 11.3. The molecule has 1 aromatic rings. The Morgan fingerprint density at radius 2 is 1.95 bits per heavy atom. The van der Waals surface area contributed by atoms with Crippen LogP contribution in [-0.4, -0.2) is 30.7 Å². The lowest BCUT2D eigenvalue weighted by Crippen LogP contribution is -2.37. The molecule has 0 radical (unpaired) electrons. The van der Waals surface area contributed by atoms with Crippen LogP contribution in [0.2, 0.25) is 0 Å². The zero-order valence-corrected chi connectivity index (χ0v) is 12.1. The summed E-state index contributed by atoms with van der Waals surface area (Å²) >= 11 is 0. The molecule has 0 saturated heterocycles. The zero-order valence-electron chi connectivity index (χ0n) is 12.1. The van der Waals surface area contributed by atoms with Gasteiger partial charge in [-0.1, -0.05) is 6.08 Å². The van der Waals surface area contributed by atoms with Gasteiger partial charge in [0.25, 0.3) is 0 Å². The van der Waals surface area contributed by atoms with E-state index in [0.717, 1.165) is 11.3 Å². The second-order valence-corrected chi connectivity index (χ2v) is 4.43. The van der Waals surface area contributed by atoms with Gasteiger partial charge in [-0.2, -0.15) is 5.10 Å². The Balaban J connectivity index is 2.47. The summed E-state index contributed by atoms with van der Waals surface area (Å²) in [7, 11) is 0. The van der Waals surface area contributed by atoms with E-state index in [-0.39, 0.29) is 12.6 Å².